The molecule has 1 spiro atoms. The number of amides is 1. The van der Waals surface area contributed by atoms with Crippen molar-refractivity contribution in [3.63, 3.8) is 0 Å². The minimum Gasteiger partial charge on any atom is -0.371 e. The third-order valence-electron chi connectivity index (χ3n) is 5.59. The SMILES string of the molecule is Cc1ccccc1CN1CC2(COCC1=O)CN(c1ccc(C(F)(F)F)cn1)C2. The van der Waals surface area contributed by atoms with Gasteiger partial charge in [0.15, 0.2) is 0 Å². The van der Waals surface area contributed by atoms with Crippen LogP contribution in [0.15, 0.2) is 42.6 Å². The van der Waals surface area contributed by atoms with Gasteiger partial charge in [0.25, 0.3) is 0 Å². The molecule has 0 saturated carbocycles. The van der Waals surface area contributed by atoms with Crippen LogP contribution in [0.2, 0.25) is 0 Å². The Bertz CT molecular complexity index is 893. The highest BCUT2D eigenvalue weighted by Crippen LogP contribution is 2.37. The number of aromatic nitrogens is 1. The predicted molar refractivity (Wildman–Crippen MR) is 101 cm³/mol. The summed E-state index contributed by atoms with van der Waals surface area (Å²) in [6.45, 7) is 4.76. The van der Waals surface area contributed by atoms with Gasteiger partial charge in [0, 0.05) is 37.8 Å². The number of ether oxygens (including phenoxy) is 1. The number of nitrogens with zero attached hydrogens (tertiary/aromatic N) is 3. The van der Waals surface area contributed by atoms with Crippen molar-refractivity contribution in [2.75, 3.05) is 37.7 Å². The predicted octanol–water partition coefficient (Wildman–Crippen LogP) is 3.27. The lowest BCUT2D eigenvalue weighted by molar-refractivity contribution is -0.138. The molecule has 5 nitrogen and oxygen atoms in total. The number of aryl methyl sites for hydroxylation is 1. The zero-order valence-electron chi connectivity index (χ0n) is 16.1. The van der Waals surface area contributed by atoms with Crippen molar-refractivity contribution >= 4 is 11.7 Å². The molecule has 2 aliphatic rings. The minimum absolute atomic E-state index is 0.0452. The molecular weight excluding hydrogens is 383 g/mol. The summed E-state index contributed by atoms with van der Waals surface area (Å²) in [5.41, 5.74) is 1.23. The van der Waals surface area contributed by atoms with Crippen LogP contribution in [0, 0.1) is 12.3 Å². The first-order chi connectivity index (χ1) is 13.8. The van der Waals surface area contributed by atoms with Crippen molar-refractivity contribution in [1.82, 2.24) is 9.88 Å². The number of benzene rings is 1. The van der Waals surface area contributed by atoms with E-state index in [4.69, 9.17) is 4.74 Å². The van der Waals surface area contributed by atoms with Gasteiger partial charge in [-0.1, -0.05) is 24.3 Å². The second-order valence-corrected chi connectivity index (χ2v) is 7.93. The van der Waals surface area contributed by atoms with E-state index in [0.717, 1.165) is 23.4 Å². The second kappa shape index (κ2) is 7.33. The third kappa shape index (κ3) is 4.07. The van der Waals surface area contributed by atoms with E-state index in [0.29, 0.717) is 38.6 Å². The molecule has 154 valence electrons. The van der Waals surface area contributed by atoms with Crippen molar-refractivity contribution in [3.05, 3.63) is 59.3 Å². The van der Waals surface area contributed by atoms with Gasteiger partial charge < -0.3 is 14.5 Å². The summed E-state index contributed by atoms with van der Waals surface area (Å²) in [6, 6.07) is 10.4. The van der Waals surface area contributed by atoms with E-state index in [1.807, 2.05) is 41.0 Å². The number of hydrogen-bond donors (Lipinski definition) is 0. The lowest BCUT2D eigenvalue weighted by Crippen LogP contribution is -2.62. The molecule has 0 N–H and O–H groups in total. The average Bonchev–Trinajstić information content (AvgIpc) is 2.81. The summed E-state index contributed by atoms with van der Waals surface area (Å²) in [6.07, 6.45) is -3.54. The molecule has 1 amide bonds. The van der Waals surface area contributed by atoms with Gasteiger partial charge in [0.2, 0.25) is 5.91 Å². The molecule has 1 aromatic heterocycles. The van der Waals surface area contributed by atoms with E-state index in [1.54, 1.807) is 0 Å². The molecule has 0 aliphatic carbocycles. The highest BCUT2D eigenvalue weighted by atomic mass is 19.4. The lowest BCUT2D eigenvalue weighted by atomic mass is 9.80. The molecule has 0 unspecified atom stereocenters. The minimum atomic E-state index is -4.40. The van der Waals surface area contributed by atoms with Crippen molar-refractivity contribution in [2.45, 2.75) is 19.6 Å². The molecule has 29 heavy (non-hydrogen) atoms. The fraction of sp³-hybridized carbons (Fsp3) is 0.429. The van der Waals surface area contributed by atoms with E-state index in [9.17, 15) is 18.0 Å². The second-order valence-electron chi connectivity index (χ2n) is 7.93. The summed E-state index contributed by atoms with van der Waals surface area (Å²) in [5, 5.41) is 0. The van der Waals surface area contributed by atoms with E-state index >= 15 is 0 Å². The Labute approximate surface area is 167 Å². The fourth-order valence-electron chi connectivity index (χ4n) is 3.98. The molecule has 2 saturated heterocycles. The number of halogens is 3. The molecule has 4 rings (SSSR count). The topological polar surface area (TPSA) is 45.7 Å². The van der Waals surface area contributed by atoms with Crippen LogP contribution in [0.3, 0.4) is 0 Å². The number of rotatable bonds is 3. The van der Waals surface area contributed by atoms with Crippen LogP contribution >= 0.6 is 0 Å². The number of alkyl halides is 3. The Morgan fingerprint density at radius 1 is 1.14 bits per heavy atom. The van der Waals surface area contributed by atoms with Gasteiger partial charge in [-0.05, 0) is 30.2 Å². The van der Waals surface area contributed by atoms with Gasteiger partial charge in [-0.25, -0.2) is 4.98 Å². The quantitative estimate of drug-likeness (QED) is 0.786. The van der Waals surface area contributed by atoms with E-state index < -0.39 is 11.7 Å². The summed E-state index contributed by atoms with van der Waals surface area (Å²) in [5.74, 6) is 0.459. The Morgan fingerprint density at radius 2 is 1.90 bits per heavy atom. The third-order valence-corrected chi connectivity index (χ3v) is 5.59. The Balaban J connectivity index is 1.45. The average molecular weight is 405 g/mol. The fourth-order valence-corrected chi connectivity index (χ4v) is 3.98. The van der Waals surface area contributed by atoms with E-state index in [-0.39, 0.29) is 17.9 Å². The highest BCUT2D eigenvalue weighted by molar-refractivity contribution is 5.78. The van der Waals surface area contributed by atoms with Crippen LogP contribution in [0.5, 0.6) is 0 Å². The van der Waals surface area contributed by atoms with Crippen LogP contribution in [0.4, 0.5) is 19.0 Å². The smallest absolute Gasteiger partial charge is 0.371 e. The zero-order chi connectivity index (χ0) is 20.6. The van der Waals surface area contributed by atoms with Crippen LogP contribution in [-0.2, 0) is 22.3 Å². The van der Waals surface area contributed by atoms with Gasteiger partial charge in [-0.2, -0.15) is 13.2 Å². The van der Waals surface area contributed by atoms with E-state index in [2.05, 4.69) is 4.98 Å². The molecular formula is C21H22F3N3O2. The van der Waals surface area contributed by atoms with Gasteiger partial charge >= 0.3 is 6.18 Å². The van der Waals surface area contributed by atoms with Gasteiger partial charge in [-0.3, -0.25) is 4.79 Å². The van der Waals surface area contributed by atoms with Crippen LogP contribution in [-0.4, -0.2) is 48.6 Å². The molecule has 2 aliphatic heterocycles. The number of anilines is 1. The van der Waals surface area contributed by atoms with Gasteiger partial charge in [0.05, 0.1) is 12.2 Å². The molecule has 0 bridgehead atoms. The van der Waals surface area contributed by atoms with Crippen LogP contribution in [0.1, 0.15) is 16.7 Å². The van der Waals surface area contributed by atoms with Crippen LogP contribution < -0.4 is 4.90 Å². The Kier molecular flexibility index (Phi) is 4.98. The van der Waals surface area contributed by atoms with E-state index in [1.165, 1.54) is 6.07 Å². The van der Waals surface area contributed by atoms with Crippen molar-refractivity contribution in [3.8, 4) is 0 Å². The van der Waals surface area contributed by atoms with Crippen molar-refractivity contribution in [1.29, 1.82) is 0 Å². The molecule has 0 radical (unpaired) electrons. The van der Waals surface area contributed by atoms with Crippen molar-refractivity contribution < 1.29 is 22.7 Å². The molecule has 8 heteroatoms. The van der Waals surface area contributed by atoms with Crippen LogP contribution in [0.25, 0.3) is 0 Å². The molecule has 3 heterocycles. The largest absolute Gasteiger partial charge is 0.417 e. The zero-order valence-corrected chi connectivity index (χ0v) is 16.1. The maximum atomic E-state index is 12.7. The number of hydrogen-bond acceptors (Lipinski definition) is 4. The molecule has 2 aromatic rings. The standard InChI is InChI=1S/C21H22F3N3O2/c1-15-4-2-3-5-16(15)9-26-11-20(14-29-10-19(26)28)12-27(13-20)18-7-6-17(8-25-18)21(22,23)24/h2-8H,9-14H2,1H3. The maximum absolute atomic E-state index is 12.7. The summed E-state index contributed by atoms with van der Waals surface area (Å²) < 4.78 is 43.8. The first-order valence-corrected chi connectivity index (χ1v) is 9.44. The number of carbonyl (C=O) groups excluding carboxylic acids is 1. The number of carbonyl (C=O) groups is 1. The first kappa shape index (κ1) is 19.7. The lowest BCUT2D eigenvalue weighted by Gasteiger charge is -2.51. The van der Waals surface area contributed by atoms with Gasteiger partial charge in [-0.15, -0.1) is 0 Å². The summed E-state index contributed by atoms with van der Waals surface area (Å²) in [7, 11) is 0. The highest BCUT2D eigenvalue weighted by Gasteiger charge is 2.47. The Hall–Kier alpha value is -2.61. The normalized spacial score (nSPS) is 19.2. The van der Waals surface area contributed by atoms with Crippen molar-refractivity contribution in [2.24, 2.45) is 5.41 Å². The first-order valence-electron chi connectivity index (χ1n) is 9.44. The maximum Gasteiger partial charge on any atom is 0.417 e. The molecule has 1 aromatic carbocycles. The molecule has 2 fully saturated rings. The monoisotopic (exact) mass is 405 g/mol. The number of pyridine rings is 1. The summed E-state index contributed by atoms with van der Waals surface area (Å²) >= 11 is 0. The Morgan fingerprint density at radius 3 is 2.55 bits per heavy atom. The molecule has 0 atom stereocenters. The summed E-state index contributed by atoms with van der Waals surface area (Å²) in [4.78, 5) is 20.2. The van der Waals surface area contributed by atoms with Gasteiger partial charge in [0.1, 0.15) is 12.4 Å².